The van der Waals surface area contributed by atoms with Crippen LogP contribution in [-0.2, 0) is 10.0 Å². The summed E-state index contributed by atoms with van der Waals surface area (Å²) in [6.07, 6.45) is 3.74. The van der Waals surface area contributed by atoms with Crippen molar-refractivity contribution in [2.24, 2.45) is 9.98 Å². The number of hydrogen-bond acceptors (Lipinski definition) is 6. The van der Waals surface area contributed by atoms with E-state index in [1.54, 1.807) is 28.7 Å². The van der Waals surface area contributed by atoms with Crippen molar-refractivity contribution >= 4 is 21.7 Å². The Balaban J connectivity index is 1.49. The molecule has 0 aromatic heterocycles. The molecule has 26 heavy (non-hydrogen) atoms. The Morgan fingerprint density at radius 3 is 2.62 bits per heavy atom. The largest absolute Gasteiger partial charge is 0.351 e. The highest BCUT2D eigenvalue weighted by atomic mass is 32.2. The van der Waals surface area contributed by atoms with E-state index in [-0.39, 0.29) is 6.04 Å². The number of aryl methyl sites for hydroxylation is 1. The molecule has 0 bridgehead atoms. The first-order chi connectivity index (χ1) is 12.4. The van der Waals surface area contributed by atoms with E-state index in [1.807, 2.05) is 19.2 Å². The summed E-state index contributed by atoms with van der Waals surface area (Å²) in [6, 6.07) is 7.33. The molecule has 1 aromatic carbocycles. The van der Waals surface area contributed by atoms with Crippen molar-refractivity contribution in [2.75, 3.05) is 32.7 Å². The Hall–Kier alpha value is -2.19. The van der Waals surface area contributed by atoms with Crippen LogP contribution in [0.15, 0.2) is 51.5 Å². The summed E-state index contributed by atoms with van der Waals surface area (Å²) in [4.78, 5) is 13.8. The minimum atomic E-state index is -3.45. The van der Waals surface area contributed by atoms with Crippen LogP contribution in [0.5, 0.6) is 0 Å². The number of fused-ring (bicyclic) bond motifs is 1. The molecule has 0 radical (unpaired) electrons. The van der Waals surface area contributed by atoms with Gasteiger partial charge in [-0.05, 0) is 31.5 Å². The van der Waals surface area contributed by atoms with Crippen LogP contribution in [0.2, 0.25) is 0 Å². The Morgan fingerprint density at radius 1 is 1.12 bits per heavy atom. The zero-order valence-electron chi connectivity index (χ0n) is 15.0. The molecule has 1 aromatic rings. The highest BCUT2D eigenvalue weighted by Gasteiger charge is 2.34. The molecular formula is C18H23N5O2S. The molecule has 8 heteroatoms. The van der Waals surface area contributed by atoms with E-state index in [4.69, 9.17) is 0 Å². The van der Waals surface area contributed by atoms with Gasteiger partial charge in [0, 0.05) is 45.1 Å². The molecule has 0 amide bonds. The minimum Gasteiger partial charge on any atom is -0.351 e. The van der Waals surface area contributed by atoms with Gasteiger partial charge in [0.2, 0.25) is 10.0 Å². The Morgan fingerprint density at radius 2 is 1.88 bits per heavy atom. The molecule has 0 spiro atoms. The van der Waals surface area contributed by atoms with Gasteiger partial charge >= 0.3 is 0 Å². The predicted octanol–water partition coefficient (Wildman–Crippen LogP) is 1.29. The molecule has 3 aliphatic heterocycles. The molecule has 0 unspecified atom stereocenters. The van der Waals surface area contributed by atoms with E-state index in [2.05, 4.69) is 26.7 Å². The van der Waals surface area contributed by atoms with Gasteiger partial charge in [-0.1, -0.05) is 12.1 Å². The number of sulfonamides is 1. The number of aliphatic imine (C=N–C) groups is 2. The van der Waals surface area contributed by atoms with Crippen LogP contribution in [0, 0.1) is 6.92 Å². The number of nitrogens with zero attached hydrogens (tertiary/aromatic N) is 5. The Bertz CT molecular complexity index is 898. The summed E-state index contributed by atoms with van der Waals surface area (Å²) >= 11 is 0. The van der Waals surface area contributed by atoms with E-state index in [1.165, 1.54) is 0 Å². The number of amidine groups is 2. The maximum atomic E-state index is 12.9. The molecule has 1 atom stereocenters. The molecule has 138 valence electrons. The first kappa shape index (κ1) is 17.2. The number of piperazine rings is 1. The van der Waals surface area contributed by atoms with Crippen molar-refractivity contribution in [1.82, 2.24) is 14.1 Å². The fraction of sp³-hybridized carbons (Fsp3) is 0.444. The summed E-state index contributed by atoms with van der Waals surface area (Å²) in [5.41, 5.74) is 0.946. The van der Waals surface area contributed by atoms with Crippen LogP contribution in [0.3, 0.4) is 0 Å². The quantitative estimate of drug-likeness (QED) is 0.783. The maximum Gasteiger partial charge on any atom is 0.243 e. The molecule has 3 heterocycles. The smallest absolute Gasteiger partial charge is 0.243 e. The Kier molecular flexibility index (Phi) is 4.32. The topological polar surface area (TPSA) is 68.6 Å². The SMILES string of the molecule is Cc1cccc(S(=O)(=O)N2CCN(C3=NC=CN4C[C@H](C)N=C34)CC2)c1. The third-order valence-corrected chi connectivity index (χ3v) is 6.78. The normalized spacial score (nSPS) is 23.7. The van der Waals surface area contributed by atoms with Gasteiger partial charge in [0.05, 0.1) is 10.9 Å². The van der Waals surface area contributed by atoms with Crippen LogP contribution in [-0.4, -0.2) is 73.0 Å². The van der Waals surface area contributed by atoms with Gasteiger partial charge in [-0.15, -0.1) is 0 Å². The number of hydrogen-bond donors (Lipinski definition) is 0. The van der Waals surface area contributed by atoms with Crippen LogP contribution in [0.1, 0.15) is 12.5 Å². The van der Waals surface area contributed by atoms with Crippen LogP contribution >= 0.6 is 0 Å². The standard InChI is InChI=1S/C18H23N5O2S/c1-14-4-3-5-16(12-14)26(24,25)23-10-8-21(9-11-23)17-18-20-15(2)13-22(18)7-6-19-17/h3-7,12,15H,8-11,13H2,1-2H3/t15-/m0/s1. The highest BCUT2D eigenvalue weighted by Crippen LogP contribution is 2.21. The van der Waals surface area contributed by atoms with E-state index >= 15 is 0 Å². The fourth-order valence-electron chi connectivity index (χ4n) is 3.54. The molecule has 7 nitrogen and oxygen atoms in total. The van der Waals surface area contributed by atoms with Crippen LogP contribution in [0.4, 0.5) is 0 Å². The zero-order chi connectivity index (χ0) is 18.3. The monoisotopic (exact) mass is 373 g/mol. The van der Waals surface area contributed by atoms with E-state index in [0.29, 0.717) is 31.1 Å². The van der Waals surface area contributed by atoms with Gasteiger partial charge in [-0.2, -0.15) is 4.31 Å². The molecule has 3 aliphatic rings. The molecule has 4 rings (SSSR count). The summed E-state index contributed by atoms with van der Waals surface area (Å²) < 4.78 is 27.3. The Labute approximate surface area is 154 Å². The fourth-order valence-corrected chi connectivity index (χ4v) is 5.07. The summed E-state index contributed by atoms with van der Waals surface area (Å²) in [6.45, 7) is 6.97. The van der Waals surface area contributed by atoms with Crippen molar-refractivity contribution < 1.29 is 8.42 Å². The van der Waals surface area contributed by atoms with Crippen molar-refractivity contribution in [3.63, 3.8) is 0 Å². The van der Waals surface area contributed by atoms with Crippen molar-refractivity contribution in [3.8, 4) is 0 Å². The lowest BCUT2D eigenvalue weighted by molar-refractivity contribution is 0.267. The highest BCUT2D eigenvalue weighted by molar-refractivity contribution is 7.89. The average Bonchev–Trinajstić information content (AvgIpc) is 3.02. The lowest BCUT2D eigenvalue weighted by Gasteiger charge is -2.37. The molecule has 1 saturated heterocycles. The summed E-state index contributed by atoms with van der Waals surface area (Å²) in [5, 5.41) is 0. The van der Waals surface area contributed by atoms with Gasteiger partial charge in [-0.25, -0.2) is 13.4 Å². The lowest BCUT2D eigenvalue weighted by Crippen LogP contribution is -2.53. The van der Waals surface area contributed by atoms with Gasteiger partial charge in [0.15, 0.2) is 11.7 Å². The molecule has 0 N–H and O–H groups in total. The number of rotatable bonds is 2. The maximum absolute atomic E-state index is 12.9. The van der Waals surface area contributed by atoms with Gasteiger partial charge in [0.1, 0.15) is 0 Å². The van der Waals surface area contributed by atoms with Gasteiger partial charge < -0.3 is 9.80 Å². The van der Waals surface area contributed by atoms with Crippen LogP contribution in [0.25, 0.3) is 0 Å². The second-order valence-electron chi connectivity index (χ2n) is 6.91. The summed E-state index contributed by atoms with van der Waals surface area (Å²) in [7, 11) is -3.45. The second-order valence-corrected chi connectivity index (χ2v) is 8.85. The van der Waals surface area contributed by atoms with E-state index in [0.717, 1.165) is 23.8 Å². The van der Waals surface area contributed by atoms with Gasteiger partial charge in [0.25, 0.3) is 0 Å². The summed E-state index contributed by atoms with van der Waals surface area (Å²) in [5.74, 6) is 1.75. The third kappa shape index (κ3) is 3.03. The first-order valence-electron chi connectivity index (χ1n) is 8.86. The minimum absolute atomic E-state index is 0.251. The van der Waals surface area contributed by atoms with Crippen molar-refractivity contribution in [1.29, 1.82) is 0 Å². The second kappa shape index (κ2) is 6.51. The first-order valence-corrected chi connectivity index (χ1v) is 10.3. The van der Waals surface area contributed by atoms with Gasteiger partial charge in [-0.3, -0.25) is 4.99 Å². The molecule has 0 aliphatic carbocycles. The third-order valence-electron chi connectivity index (χ3n) is 4.88. The van der Waals surface area contributed by atoms with Crippen molar-refractivity contribution in [3.05, 3.63) is 42.2 Å². The van der Waals surface area contributed by atoms with Crippen molar-refractivity contribution in [2.45, 2.75) is 24.8 Å². The predicted molar refractivity (Wildman–Crippen MR) is 102 cm³/mol. The van der Waals surface area contributed by atoms with Crippen LogP contribution < -0.4 is 0 Å². The zero-order valence-corrected chi connectivity index (χ0v) is 15.9. The average molecular weight is 373 g/mol. The molecule has 1 fully saturated rings. The van der Waals surface area contributed by atoms with E-state index < -0.39 is 10.0 Å². The van der Waals surface area contributed by atoms with E-state index in [9.17, 15) is 8.42 Å². The number of benzene rings is 1. The molecule has 0 saturated carbocycles. The molecular weight excluding hydrogens is 350 g/mol. The lowest BCUT2D eigenvalue weighted by atomic mass is 10.2.